The van der Waals surface area contributed by atoms with Crippen LogP contribution in [0.5, 0.6) is 0 Å². The zero-order valence-electron chi connectivity index (χ0n) is 12.8. The Morgan fingerprint density at radius 1 is 1.14 bits per heavy atom. The summed E-state index contributed by atoms with van der Waals surface area (Å²) < 4.78 is 0. The molecule has 1 rings (SSSR count). The number of hydrogen-bond acceptors (Lipinski definition) is 5. The normalized spacial score (nSPS) is 21.1. The molecular formula is C15H24N2O4. The molecule has 1 saturated carbocycles. The molecule has 0 bridgehead atoms. The molecule has 5 N–H and O–H groups in total. The van der Waals surface area contributed by atoms with Gasteiger partial charge >= 0.3 is 5.97 Å². The van der Waals surface area contributed by atoms with Crippen LogP contribution in [-0.2, 0) is 14.4 Å². The molecule has 0 radical (unpaired) electrons. The van der Waals surface area contributed by atoms with E-state index < -0.39 is 18.1 Å². The minimum atomic E-state index is -1.08. The van der Waals surface area contributed by atoms with Gasteiger partial charge in [-0.05, 0) is 30.8 Å². The smallest absolute Gasteiger partial charge is 0.320 e. The van der Waals surface area contributed by atoms with Crippen molar-refractivity contribution in [3.63, 3.8) is 0 Å². The van der Waals surface area contributed by atoms with Crippen molar-refractivity contribution in [3.8, 4) is 0 Å². The maximum Gasteiger partial charge on any atom is 0.320 e. The number of Topliss-reactive ketones (excluding diaryl/α,β-unsaturated/α-hetero) is 2. The summed E-state index contributed by atoms with van der Waals surface area (Å²) in [5.74, 6) is -1.43. The Hall–Kier alpha value is -1.53. The molecule has 6 nitrogen and oxygen atoms in total. The second-order valence-electron chi connectivity index (χ2n) is 6.55. The van der Waals surface area contributed by atoms with Crippen molar-refractivity contribution in [2.24, 2.45) is 16.9 Å². The molecule has 0 heterocycles. The lowest BCUT2D eigenvalue weighted by Crippen LogP contribution is -2.36. The summed E-state index contributed by atoms with van der Waals surface area (Å²) in [5, 5.41) is 8.74. The molecule has 118 valence electrons. The first-order chi connectivity index (χ1) is 9.55. The fourth-order valence-electron chi connectivity index (χ4n) is 2.59. The zero-order valence-corrected chi connectivity index (χ0v) is 12.8. The highest BCUT2D eigenvalue weighted by Crippen LogP contribution is 2.35. The van der Waals surface area contributed by atoms with Gasteiger partial charge in [-0.15, -0.1) is 0 Å². The molecule has 0 saturated heterocycles. The van der Waals surface area contributed by atoms with Crippen LogP contribution >= 0.6 is 0 Å². The van der Waals surface area contributed by atoms with Gasteiger partial charge in [0, 0.05) is 18.9 Å². The maximum atomic E-state index is 12.2. The molecule has 1 aliphatic rings. The topological polar surface area (TPSA) is 123 Å². The number of ketones is 2. The van der Waals surface area contributed by atoms with E-state index in [-0.39, 0.29) is 29.0 Å². The van der Waals surface area contributed by atoms with Crippen molar-refractivity contribution >= 4 is 17.5 Å². The third kappa shape index (κ3) is 4.47. The van der Waals surface area contributed by atoms with Gasteiger partial charge in [-0.25, -0.2) is 0 Å². The lowest BCUT2D eigenvalue weighted by atomic mass is 9.72. The molecule has 0 aromatic carbocycles. The molecule has 1 aliphatic carbocycles. The van der Waals surface area contributed by atoms with Crippen molar-refractivity contribution in [3.05, 3.63) is 11.1 Å². The number of carboxylic acids is 1. The number of carbonyl (C=O) groups excluding carboxylic acids is 2. The van der Waals surface area contributed by atoms with Crippen molar-refractivity contribution in [2.75, 3.05) is 0 Å². The Kier molecular flexibility index (Phi) is 5.42. The second-order valence-corrected chi connectivity index (χ2v) is 6.55. The van der Waals surface area contributed by atoms with Crippen LogP contribution in [-0.4, -0.2) is 34.7 Å². The zero-order chi connectivity index (χ0) is 16.4. The monoisotopic (exact) mass is 296 g/mol. The molecule has 1 fully saturated rings. The van der Waals surface area contributed by atoms with Crippen LogP contribution in [0.25, 0.3) is 0 Å². The molecule has 0 amide bonds. The summed E-state index contributed by atoms with van der Waals surface area (Å²) >= 11 is 0. The number of nitrogens with two attached hydrogens (primary N) is 2. The van der Waals surface area contributed by atoms with E-state index in [1.807, 2.05) is 13.8 Å². The average molecular weight is 296 g/mol. The molecule has 2 atom stereocenters. The molecule has 0 spiro atoms. The number of carboxylic acid groups (broad SMARTS) is 1. The van der Waals surface area contributed by atoms with Gasteiger partial charge in [0.25, 0.3) is 0 Å². The lowest BCUT2D eigenvalue weighted by Gasteiger charge is -2.30. The summed E-state index contributed by atoms with van der Waals surface area (Å²) in [6, 6.07) is -1.51. The summed E-state index contributed by atoms with van der Waals surface area (Å²) in [6.45, 7) is 5.45. The van der Waals surface area contributed by atoms with Crippen LogP contribution in [0.2, 0.25) is 0 Å². The fourth-order valence-corrected chi connectivity index (χ4v) is 2.59. The van der Waals surface area contributed by atoms with E-state index >= 15 is 0 Å². The Balaban J connectivity index is 2.84. The van der Waals surface area contributed by atoms with Crippen molar-refractivity contribution in [2.45, 2.75) is 58.5 Å². The van der Waals surface area contributed by atoms with E-state index in [2.05, 4.69) is 0 Å². The summed E-state index contributed by atoms with van der Waals surface area (Å²) in [5.41, 5.74) is 11.8. The van der Waals surface area contributed by atoms with Crippen molar-refractivity contribution < 1.29 is 19.5 Å². The molecule has 21 heavy (non-hydrogen) atoms. The van der Waals surface area contributed by atoms with E-state index in [1.165, 1.54) is 0 Å². The van der Waals surface area contributed by atoms with Gasteiger partial charge in [-0.1, -0.05) is 13.8 Å². The SMILES string of the molecule is CC(=C1C(=O)CC(C)(C)CC1=O)C(N)CC[C@@H](N)C(=O)O. The van der Waals surface area contributed by atoms with Gasteiger partial charge in [0.05, 0.1) is 5.57 Å². The van der Waals surface area contributed by atoms with Crippen LogP contribution in [0, 0.1) is 5.41 Å². The van der Waals surface area contributed by atoms with Gasteiger partial charge < -0.3 is 16.6 Å². The highest BCUT2D eigenvalue weighted by atomic mass is 16.4. The van der Waals surface area contributed by atoms with Crippen LogP contribution in [0.15, 0.2) is 11.1 Å². The standard InChI is InChI=1S/C15H24N2O4/c1-8(9(16)4-5-10(17)14(20)21)13-11(18)6-15(2,3)7-12(13)19/h9-10H,4-7,16-17H2,1-3H3,(H,20,21)/t9?,10-/m1/s1. The molecule has 1 unspecified atom stereocenters. The van der Waals surface area contributed by atoms with Crippen LogP contribution in [0.1, 0.15) is 46.5 Å². The first-order valence-corrected chi connectivity index (χ1v) is 7.06. The van der Waals surface area contributed by atoms with E-state index in [1.54, 1.807) is 6.92 Å². The summed E-state index contributed by atoms with van der Waals surface area (Å²) in [7, 11) is 0. The molecular weight excluding hydrogens is 272 g/mol. The minimum Gasteiger partial charge on any atom is -0.480 e. The third-order valence-corrected chi connectivity index (χ3v) is 3.89. The Morgan fingerprint density at radius 2 is 1.57 bits per heavy atom. The van der Waals surface area contributed by atoms with E-state index in [4.69, 9.17) is 16.6 Å². The van der Waals surface area contributed by atoms with Crippen LogP contribution < -0.4 is 11.5 Å². The molecule has 0 aromatic heterocycles. The Morgan fingerprint density at radius 3 is 2.00 bits per heavy atom. The van der Waals surface area contributed by atoms with E-state index in [0.717, 1.165) is 0 Å². The highest BCUT2D eigenvalue weighted by molar-refractivity contribution is 6.22. The van der Waals surface area contributed by atoms with Crippen LogP contribution in [0.4, 0.5) is 0 Å². The Labute approximate surface area is 124 Å². The second kappa shape index (κ2) is 6.49. The minimum absolute atomic E-state index is 0.174. The number of aliphatic carboxylic acids is 1. The van der Waals surface area contributed by atoms with E-state index in [9.17, 15) is 14.4 Å². The lowest BCUT2D eigenvalue weighted by molar-refractivity contribution is -0.138. The Bertz CT molecular complexity index is 472. The summed E-state index contributed by atoms with van der Waals surface area (Å²) in [6.07, 6.45) is 1.18. The predicted molar refractivity (Wildman–Crippen MR) is 78.5 cm³/mol. The maximum absolute atomic E-state index is 12.2. The highest BCUT2D eigenvalue weighted by Gasteiger charge is 2.37. The number of carbonyl (C=O) groups is 3. The molecule has 6 heteroatoms. The molecule has 0 aliphatic heterocycles. The molecule has 0 aromatic rings. The quantitative estimate of drug-likeness (QED) is 0.509. The predicted octanol–water partition coefficient (Wildman–Crippen LogP) is 0.781. The summed E-state index contributed by atoms with van der Waals surface area (Å²) in [4.78, 5) is 35.0. The third-order valence-electron chi connectivity index (χ3n) is 3.89. The van der Waals surface area contributed by atoms with Crippen molar-refractivity contribution in [1.29, 1.82) is 0 Å². The number of rotatable bonds is 5. The van der Waals surface area contributed by atoms with Gasteiger partial charge in [0.2, 0.25) is 0 Å². The van der Waals surface area contributed by atoms with Gasteiger partial charge in [0.15, 0.2) is 11.6 Å². The first kappa shape index (κ1) is 17.5. The first-order valence-electron chi connectivity index (χ1n) is 7.06. The van der Waals surface area contributed by atoms with Crippen LogP contribution in [0.3, 0.4) is 0 Å². The average Bonchev–Trinajstić information content (AvgIpc) is 2.32. The van der Waals surface area contributed by atoms with E-state index in [0.29, 0.717) is 24.8 Å². The van der Waals surface area contributed by atoms with Crippen molar-refractivity contribution in [1.82, 2.24) is 0 Å². The van der Waals surface area contributed by atoms with Gasteiger partial charge in [-0.3, -0.25) is 14.4 Å². The fraction of sp³-hybridized carbons (Fsp3) is 0.667. The van der Waals surface area contributed by atoms with Gasteiger partial charge in [-0.2, -0.15) is 0 Å². The number of allylic oxidation sites excluding steroid dienone is 1. The largest absolute Gasteiger partial charge is 0.480 e. The van der Waals surface area contributed by atoms with Gasteiger partial charge in [0.1, 0.15) is 6.04 Å². The number of hydrogen-bond donors (Lipinski definition) is 3.